The molecule has 2 aromatic carbocycles. The van der Waals surface area contributed by atoms with E-state index in [1.54, 1.807) is 17.1 Å². The number of carbonyl (C=O) groups excluding carboxylic acids is 1. The molecule has 2 aromatic rings. The van der Waals surface area contributed by atoms with Crippen LogP contribution in [0.2, 0.25) is 0 Å². The molecule has 2 heterocycles. The van der Waals surface area contributed by atoms with E-state index in [1.165, 1.54) is 0 Å². The van der Waals surface area contributed by atoms with Gasteiger partial charge in [0.15, 0.2) is 23.0 Å². The van der Waals surface area contributed by atoms with E-state index < -0.39 is 0 Å². The number of amides is 1. The van der Waals surface area contributed by atoms with Crippen molar-refractivity contribution in [3.63, 3.8) is 0 Å². The maximum atomic E-state index is 12.5. The second kappa shape index (κ2) is 7.00. The molecular formula is C20H19NO5. The molecule has 0 saturated heterocycles. The van der Waals surface area contributed by atoms with E-state index in [4.69, 9.17) is 18.9 Å². The lowest BCUT2D eigenvalue weighted by Gasteiger charge is -2.19. The molecule has 0 spiro atoms. The summed E-state index contributed by atoms with van der Waals surface area (Å²) in [5.41, 5.74) is 1.89. The van der Waals surface area contributed by atoms with Gasteiger partial charge in [-0.05, 0) is 48.4 Å². The Morgan fingerprint density at radius 2 is 1.62 bits per heavy atom. The second-order valence-corrected chi connectivity index (χ2v) is 5.99. The van der Waals surface area contributed by atoms with Gasteiger partial charge in [-0.25, -0.2) is 0 Å². The van der Waals surface area contributed by atoms with Crippen molar-refractivity contribution in [2.24, 2.45) is 0 Å². The summed E-state index contributed by atoms with van der Waals surface area (Å²) in [5, 5.41) is 0. The monoisotopic (exact) mass is 353 g/mol. The van der Waals surface area contributed by atoms with Gasteiger partial charge < -0.3 is 23.8 Å². The van der Waals surface area contributed by atoms with E-state index in [0.717, 1.165) is 28.4 Å². The standard InChI is InChI=1S/C20H19NO5/c1-2-21(11-15-4-7-17-19(10-15)26-13-24-17)20(22)8-5-14-3-6-16-18(9-14)25-12-23-16/h3-10H,2,11-13H2,1H3. The number of rotatable bonds is 5. The smallest absolute Gasteiger partial charge is 0.246 e. The highest BCUT2D eigenvalue weighted by Gasteiger charge is 2.16. The van der Waals surface area contributed by atoms with Crippen LogP contribution in [0.4, 0.5) is 0 Å². The van der Waals surface area contributed by atoms with Crippen molar-refractivity contribution >= 4 is 12.0 Å². The Bertz CT molecular complexity index is 861. The number of fused-ring (bicyclic) bond motifs is 2. The first kappa shape index (κ1) is 16.3. The molecule has 0 saturated carbocycles. The molecule has 1 amide bonds. The van der Waals surface area contributed by atoms with Crippen LogP contribution in [0.5, 0.6) is 23.0 Å². The van der Waals surface area contributed by atoms with Crippen LogP contribution in [0, 0.1) is 0 Å². The Balaban J connectivity index is 1.43. The molecule has 4 rings (SSSR count). The Kier molecular flexibility index (Phi) is 4.39. The van der Waals surface area contributed by atoms with E-state index >= 15 is 0 Å². The van der Waals surface area contributed by atoms with Crippen LogP contribution in [0.3, 0.4) is 0 Å². The zero-order chi connectivity index (χ0) is 17.9. The van der Waals surface area contributed by atoms with Crippen LogP contribution in [0.25, 0.3) is 6.08 Å². The lowest BCUT2D eigenvalue weighted by atomic mass is 10.1. The molecular weight excluding hydrogens is 334 g/mol. The van der Waals surface area contributed by atoms with Crippen LogP contribution in [0.15, 0.2) is 42.5 Å². The molecule has 0 atom stereocenters. The molecule has 6 heteroatoms. The van der Waals surface area contributed by atoms with Crippen LogP contribution in [-0.2, 0) is 11.3 Å². The van der Waals surface area contributed by atoms with Crippen LogP contribution in [0.1, 0.15) is 18.1 Å². The van der Waals surface area contributed by atoms with Gasteiger partial charge in [0.25, 0.3) is 0 Å². The third-order valence-corrected chi connectivity index (χ3v) is 4.32. The summed E-state index contributed by atoms with van der Waals surface area (Å²) in [4.78, 5) is 14.3. The summed E-state index contributed by atoms with van der Waals surface area (Å²) < 4.78 is 21.4. The zero-order valence-electron chi connectivity index (χ0n) is 14.4. The predicted molar refractivity (Wildman–Crippen MR) is 95.3 cm³/mol. The number of likely N-dealkylation sites (N-methyl/N-ethyl adjacent to an activating group) is 1. The summed E-state index contributed by atoms with van der Waals surface area (Å²) in [7, 11) is 0. The highest BCUT2D eigenvalue weighted by Crippen LogP contribution is 2.33. The summed E-state index contributed by atoms with van der Waals surface area (Å²) >= 11 is 0. The van der Waals surface area contributed by atoms with Gasteiger partial charge in [0.1, 0.15) is 0 Å². The number of hydrogen-bond acceptors (Lipinski definition) is 5. The van der Waals surface area contributed by atoms with Gasteiger partial charge in [-0.15, -0.1) is 0 Å². The van der Waals surface area contributed by atoms with Gasteiger partial charge in [0.05, 0.1) is 0 Å². The molecule has 0 fully saturated rings. The fraction of sp³-hybridized carbons (Fsp3) is 0.250. The molecule has 0 unspecified atom stereocenters. The number of carbonyl (C=O) groups is 1. The molecule has 0 radical (unpaired) electrons. The van der Waals surface area contributed by atoms with Gasteiger partial charge in [-0.3, -0.25) is 4.79 Å². The molecule has 0 N–H and O–H groups in total. The summed E-state index contributed by atoms with van der Waals surface area (Å²) in [5.74, 6) is 2.84. The number of hydrogen-bond donors (Lipinski definition) is 0. The molecule has 0 aliphatic carbocycles. The normalized spacial score (nSPS) is 14.0. The van der Waals surface area contributed by atoms with E-state index in [-0.39, 0.29) is 19.5 Å². The fourth-order valence-electron chi connectivity index (χ4n) is 2.89. The summed E-state index contributed by atoms with van der Waals surface area (Å²) in [6.07, 6.45) is 3.36. The fourth-order valence-corrected chi connectivity index (χ4v) is 2.89. The third kappa shape index (κ3) is 3.31. The van der Waals surface area contributed by atoms with E-state index in [1.807, 2.05) is 43.3 Å². The quantitative estimate of drug-likeness (QED) is 0.773. The van der Waals surface area contributed by atoms with E-state index in [2.05, 4.69) is 0 Å². The van der Waals surface area contributed by atoms with Crippen molar-refractivity contribution in [3.8, 4) is 23.0 Å². The van der Waals surface area contributed by atoms with Crippen LogP contribution < -0.4 is 18.9 Å². The average Bonchev–Trinajstić information content (AvgIpc) is 3.32. The van der Waals surface area contributed by atoms with E-state index in [0.29, 0.717) is 18.8 Å². The van der Waals surface area contributed by atoms with Crippen molar-refractivity contribution in [2.45, 2.75) is 13.5 Å². The highest BCUT2D eigenvalue weighted by atomic mass is 16.7. The second-order valence-electron chi connectivity index (χ2n) is 5.99. The minimum atomic E-state index is -0.0529. The number of nitrogens with zero attached hydrogens (tertiary/aromatic N) is 1. The Labute approximate surface area is 151 Å². The molecule has 2 aliphatic rings. The van der Waals surface area contributed by atoms with Crippen LogP contribution in [-0.4, -0.2) is 30.9 Å². The first-order chi connectivity index (χ1) is 12.7. The molecule has 26 heavy (non-hydrogen) atoms. The molecule has 0 aromatic heterocycles. The van der Waals surface area contributed by atoms with Crippen molar-refractivity contribution in [1.29, 1.82) is 0 Å². The lowest BCUT2D eigenvalue weighted by molar-refractivity contribution is -0.126. The SMILES string of the molecule is CCN(Cc1ccc2c(c1)OCO2)C(=O)C=Cc1ccc2c(c1)OCO2. The van der Waals surface area contributed by atoms with Gasteiger partial charge in [-0.1, -0.05) is 12.1 Å². The maximum absolute atomic E-state index is 12.5. The number of benzene rings is 2. The zero-order valence-corrected chi connectivity index (χ0v) is 14.4. The number of ether oxygens (including phenoxy) is 4. The molecule has 2 aliphatic heterocycles. The maximum Gasteiger partial charge on any atom is 0.246 e. The average molecular weight is 353 g/mol. The Morgan fingerprint density at radius 1 is 0.962 bits per heavy atom. The minimum Gasteiger partial charge on any atom is -0.454 e. The van der Waals surface area contributed by atoms with Crippen molar-refractivity contribution in [3.05, 3.63) is 53.6 Å². The van der Waals surface area contributed by atoms with E-state index in [9.17, 15) is 4.79 Å². The summed E-state index contributed by atoms with van der Waals surface area (Å²) in [6, 6.07) is 11.3. The topological polar surface area (TPSA) is 57.2 Å². The van der Waals surface area contributed by atoms with Gasteiger partial charge in [0, 0.05) is 19.2 Å². The van der Waals surface area contributed by atoms with Crippen molar-refractivity contribution in [2.75, 3.05) is 20.1 Å². The minimum absolute atomic E-state index is 0.0529. The molecule has 0 bridgehead atoms. The van der Waals surface area contributed by atoms with Crippen molar-refractivity contribution < 1.29 is 23.7 Å². The Morgan fingerprint density at radius 3 is 2.35 bits per heavy atom. The first-order valence-electron chi connectivity index (χ1n) is 8.48. The van der Waals surface area contributed by atoms with Crippen molar-refractivity contribution in [1.82, 2.24) is 4.90 Å². The molecule has 134 valence electrons. The third-order valence-electron chi connectivity index (χ3n) is 4.32. The van der Waals surface area contributed by atoms with Gasteiger partial charge in [-0.2, -0.15) is 0 Å². The van der Waals surface area contributed by atoms with Crippen LogP contribution >= 0.6 is 0 Å². The van der Waals surface area contributed by atoms with Gasteiger partial charge >= 0.3 is 0 Å². The first-order valence-corrected chi connectivity index (χ1v) is 8.48. The molecule has 6 nitrogen and oxygen atoms in total. The highest BCUT2D eigenvalue weighted by molar-refractivity contribution is 5.91. The lowest BCUT2D eigenvalue weighted by Crippen LogP contribution is -2.28. The Hall–Kier alpha value is -3.15. The van der Waals surface area contributed by atoms with Gasteiger partial charge in [0.2, 0.25) is 19.5 Å². The predicted octanol–water partition coefficient (Wildman–Crippen LogP) is 3.21. The summed E-state index contributed by atoms with van der Waals surface area (Å²) in [6.45, 7) is 3.56. The largest absolute Gasteiger partial charge is 0.454 e.